The lowest BCUT2D eigenvalue weighted by atomic mass is 10.3. The largest absolute Gasteiger partial charge is 0.317 e. The molecule has 1 aromatic carbocycles. The molecule has 0 atom stereocenters. The summed E-state index contributed by atoms with van der Waals surface area (Å²) in [5.74, 6) is -0.292. The van der Waals surface area contributed by atoms with E-state index in [1.807, 2.05) is 48.9 Å². The van der Waals surface area contributed by atoms with Crippen molar-refractivity contribution in [3.05, 3.63) is 53.6 Å². The lowest BCUT2D eigenvalue weighted by Gasteiger charge is -2.04. The van der Waals surface area contributed by atoms with Crippen LogP contribution < -0.4 is 5.32 Å². The van der Waals surface area contributed by atoms with Gasteiger partial charge < -0.3 is 5.32 Å². The molecule has 1 N–H and O–H groups in total. The van der Waals surface area contributed by atoms with Crippen LogP contribution in [0.15, 0.2) is 36.5 Å². The van der Waals surface area contributed by atoms with Crippen LogP contribution in [0.2, 0.25) is 0 Å². The van der Waals surface area contributed by atoms with Crippen molar-refractivity contribution in [2.24, 2.45) is 0 Å². The van der Waals surface area contributed by atoms with E-state index in [1.165, 1.54) is 0 Å². The molecule has 0 radical (unpaired) electrons. The molecule has 2 heterocycles. The molecule has 24 heavy (non-hydrogen) atoms. The predicted octanol–water partition coefficient (Wildman–Crippen LogP) is 2.74. The number of anilines is 1. The molecule has 2 aromatic heterocycles. The van der Waals surface area contributed by atoms with E-state index < -0.39 is 0 Å². The molecule has 124 valence electrons. The number of carbonyl (C=O) groups excluding carboxylic acids is 1. The molecule has 7 nitrogen and oxygen atoms in total. The molecule has 0 spiro atoms. The van der Waals surface area contributed by atoms with Crippen molar-refractivity contribution in [1.29, 1.82) is 0 Å². The van der Waals surface area contributed by atoms with Gasteiger partial charge in [0.1, 0.15) is 0 Å². The number of nitrogens with zero attached hydrogens (tertiary/aromatic N) is 5. The smallest absolute Gasteiger partial charge is 0.277 e. The topological polar surface area (TPSA) is 77.6 Å². The first-order valence-electron chi connectivity index (χ1n) is 7.93. The van der Waals surface area contributed by atoms with Crippen LogP contribution in [0.5, 0.6) is 0 Å². The summed E-state index contributed by atoms with van der Waals surface area (Å²) in [5, 5.41) is 15.3. The number of hydrogen-bond acceptors (Lipinski definition) is 4. The Morgan fingerprint density at radius 2 is 1.96 bits per heavy atom. The molecule has 3 rings (SSSR count). The van der Waals surface area contributed by atoms with Gasteiger partial charge in [0.05, 0.1) is 29.0 Å². The molecule has 0 saturated carbocycles. The fourth-order valence-electron chi connectivity index (χ4n) is 2.56. The highest BCUT2D eigenvalue weighted by Gasteiger charge is 2.17. The Labute approximate surface area is 140 Å². The van der Waals surface area contributed by atoms with Gasteiger partial charge in [-0.25, -0.2) is 4.68 Å². The van der Waals surface area contributed by atoms with Gasteiger partial charge in [-0.3, -0.25) is 9.48 Å². The third-order valence-electron chi connectivity index (χ3n) is 3.80. The second-order valence-corrected chi connectivity index (χ2v) is 5.61. The van der Waals surface area contributed by atoms with Gasteiger partial charge in [0.2, 0.25) is 0 Å². The van der Waals surface area contributed by atoms with E-state index in [1.54, 1.807) is 10.9 Å². The van der Waals surface area contributed by atoms with E-state index >= 15 is 0 Å². The summed E-state index contributed by atoms with van der Waals surface area (Å²) in [7, 11) is 0. The summed E-state index contributed by atoms with van der Waals surface area (Å²) in [4.78, 5) is 12.5. The predicted molar refractivity (Wildman–Crippen MR) is 91.3 cm³/mol. The highest BCUT2D eigenvalue weighted by Crippen LogP contribution is 2.20. The van der Waals surface area contributed by atoms with Crippen LogP contribution in [0.4, 0.5) is 5.69 Å². The lowest BCUT2D eigenvalue weighted by Crippen LogP contribution is -2.14. The molecule has 3 aromatic rings. The van der Waals surface area contributed by atoms with Gasteiger partial charge in [-0.15, -0.1) is 5.10 Å². The first-order chi connectivity index (χ1) is 11.6. The average molecular weight is 324 g/mol. The maximum Gasteiger partial charge on any atom is 0.277 e. The Kier molecular flexibility index (Phi) is 4.41. The van der Waals surface area contributed by atoms with Crippen LogP contribution >= 0.6 is 0 Å². The second kappa shape index (κ2) is 6.66. The number of aryl methyl sites for hydroxylation is 2. The molecule has 0 bridgehead atoms. The monoisotopic (exact) mass is 324 g/mol. The van der Waals surface area contributed by atoms with Crippen molar-refractivity contribution in [2.75, 3.05) is 5.32 Å². The zero-order valence-electron chi connectivity index (χ0n) is 14.0. The number of aromatic nitrogens is 5. The first-order valence-corrected chi connectivity index (χ1v) is 7.93. The Bertz CT molecular complexity index is 849. The fourth-order valence-corrected chi connectivity index (χ4v) is 2.56. The minimum Gasteiger partial charge on any atom is -0.317 e. The van der Waals surface area contributed by atoms with Crippen LogP contribution in [0.25, 0.3) is 5.69 Å². The lowest BCUT2D eigenvalue weighted by molar-refractivity contribution is 0.102. The van der Waals surface area contributed by atoms with Gasteiger partial charge >= 0.3 is 0 Å². The molecule has 0 unspecified atom stereocenters. The van der Waals surface area contributed by atoms with Crippen molar-refractivity contribution in [1.82, 2.24) is 24.8 Å². The number of para-hydroxylation sites is 1. The van der Waals surface area contributed by atoms with Gasteiger partial charge in [-0.05, 0) is 32.4 Å². The Morgan fingerprint density at radius 3 is 2.67 bits per heavy atom. The molecular weight excluding hydrogens is 304 g/mol. The fraction of sp³-hybridized carbons (Fsp3) is 0.294. The molecule has 0 fully saturated rings. The summed E-state index contributed by atoms with van der Waals surface area (Å²) in [5.41, 5.74) is 3.60. The number of benzene rings is 1. The van der Waals surface area contributed by atoms with E-state index in [0.29, 0.717) is 0 Å². The van der Waals surface area contributed by atoms with Crippen LogP contribution in [-0.4, -0.2) is 30.7 Å². The Morgan fingerprint density at radius 1 is 1.21 bits per heavy atom. The van der Waals surface area contributed by atoms with E-state index in [4.69, 9.17) is 0 Å². The van der Waals surface area contributed by atoms with E-state index in [0.717, 1.165) is 35.7 Å². The quantitative estimate of drug-likeness (QED) is 0.783. The van der Waals surface area contributed by atoms with Crippen molar-refractivity contribution in [3.8, 4) is 5.69 Å². The number of nitrogens with one attached hydrogen (secondary N) is 1. The molecule has 0 aliphatic rings. The number of rotatable bonds is 5. The zero-order chi connectivity index (χ0) is 17.1. The van der Waals surface area contributed by atoms with E-state index in [9.17, 15) is 4.79 Å². The highest BCUT2D eigenvalue weighted by atomic mass is 16.2. The van der Waals surface area contributed by atoms with Crippen molar-refractivity contribution >= 4 is 11.6 Å². The van der Waals surface area contributed by atoms with Crippen LogP contribution in [0.1, 0.15) is 35.2 Å². The number of amides is 1. The molecule has 0 aliphatic carbocycles. The normalized spacial score (nSPS) is 10.8. The van der Waals surface area contributed by atoms with Crippen LogP contribution in [0.3, 0.4) is 0 Å². The van der Waals surface area contributed by atoms with Crippen molar-refractivity contribution in [2.45, 2.75) is 33.7 Å². The summed E-state index contributed by atoms with van der Waals surface area (Å²) in [6.45, 7) is 6.75. The van der Waals surface area contributed by atoms with E-state index in [2.05, 4.69) is 27.7 Å². The maximum atomic E-state index is 12.5. The molecule has 7 heteroatoms. The Hall–Kier alpha value is -2.96. The Balaban J connectivity index is 1.80. The van der Waals surface area contributed by atoms with Crippen LogP contribution in [0, 0.1) is 13.8 Å². The standard InChI is InChI=1S/C17H20N6O/c1-4-10-22-13(3)16(12(2)20-22)18-17(24)15-11-23(21-19-15)14-8-6-5-7-9-14/h5-9,11H,4,10H2,1-3H3,(H,18,24). The second-order valence-electron chi connectivity index (χ2n) is 5.61. The molecule has 1 amide bonds. The SMILES string of the molecule is CCCn1nc(C)c(NC(=O)c2cn(-c3ccccc3)nn2)c1C. The zero-order valence-corrected chi connectivity index (χ0v) is 14.0. The van der Waals surface area contributed by atoms with E-state index in [-0.39, 0.29) is 11.6 Å². The van der Waals surface area contributed by atoms with Crippen molar-refractivity contribution in [3.63, 3.8) is 0 Å². The van der Waals surface area contributed by atoms with Gasteiger partial charge in [0, 0.05) is 6.54 Å². The minimum absolute atomic E-state index is 0.265. The maximum absolute atomic E-state index is 12.5. The summed E-state index contributed by atoms with van der Waals surface area (Å²) in [6.07, 6.45) is 2.60. The third kappa shape index (κ3) is 3.05. The highest BCUT2D eigenvalue weighted by molar-refractivity contribution is 6.03. The van der Waals surface area contributed by atoms with Gasteiger partial charge in [0.25, 0.3) is 5.91 Å². The number of carbonyl (C=O) groups is 1. The molecule has 0 saturated heterocycles. The minimum atomic E-state index is -0.292. The number of hydrogen-bond donors (Lipinski definition) is 1. The van der Waals surface area contributed by atoms with Crippen LogP contribution in [-0.2, 0) is 6.54 Å². The molecular formula is C17H20N6O. The summed E-state index contributed by atoms with van der Waals surface area (Å²) < 4.78 is 3.49. The average Bonchev–Trinajstić information content (AvgIpc) is 3.17. The first kappa shape index (κ1) is 15.9. The van der Waals surface area contributed by atoms with Gasteiger partial charge in [-0.1, -0.05) is 30.3 Å². The molecule has 0 aliphatic heterocycles. The summed E-state index contributed by atoms with van der Waals surface area (Å²) in [6, 6.07) is 9.55. The third-order valence-corrected chi connectivity index (χ3v) is 3.80. The summed E-state index contributed by atoms with van der Waals surface area (Å²) >= 11 is 0. The van der Waals surface area contributed by atoms with Gasteiger partial charge in [0.15, 0.2) is 5.69 Å². The van der Waals surface area contributed by atoms with Crippen molar-refractivity contribution < 1.29 is 4.79 Å². The van der Waals surface area contributed by atoms with Gasteiger partial charge in [-0.2, -0.15) is 5.10 Å².